The van der Waals surface area contributed by atoms with E-state index < -0.39 is 5.97 Å². The van der Waals surface area contributed by atoms with Crippen molar-refractivity contribution in [1.82, 2.24) is 4.90 Å². The minimum absolute atomic E-state index is 0. The Bertz CT molecular complexity index is 295. The molecule has 0 radical (unpaired) electrons. The average Bonchev–Trinajstić information content (AvgIpc) is 2.43. The van der Waals surface area contributed by atoms with Crippen LogP contribution in [0, 0.1) is 0 Å². The van der Waals surface area contributed by atoms with Crippen LogP contribution in [0.5, 0.6) is 0 Å². The first kappa shape index (κ1) is 22.4. The number of unbranched alkanes of at least 4 members (excludes halogenated alkanes) is 8. The predicted octanol–water partition coefficient (Wildman–Crippen LogP) is 4.19. The van der Waals surface area contributed by atoms with Gasteiger partial charge in [-0.3, -0.25) is 9.59 Å². The Morgan fingerprint density at radius 2 is 1.48 bits per heavy atom. The molecule has 0 saturated heterocycles. The van der Waals surface area contributed by atoms with Crippen LogP contribution >= 0.6 is 17.0 Å². The van der Waals surface area contributed by atoms with Crippen molar-refractivity contribution >= 4 is 28.9 Å². The quantitative estimate of drug-likeness (QED) is 0.394. The summed E-state index contributed by atoms with van der Waals surface area (Å²) in [5.74, 6) is -1.27. The van der Waals surface area contributed by atoms with Crippen LogP contribution in [0.3, 0.4) is 0 Å². The van der Waals surface area contributed by atoms with E-state index in [1.54, 1.807) is 0 Å². The maximum atomic E-state index is 11.5. The second kappa shape index (κ2) is 15.5. The van der Waals surface area contributed by atoms with Gasteiger partial charge in [-0.25, -0.2) is 0 Å². The Balaban J connectivity index is 0. The number of aliphatic carboxylic acids is 1. The maximum Gasteiger partial charge on any atom is 0.323 e. The highest BCUT2D eigenvalue weighted by Crippen LogP contribution is 2.10. The van der Waals surface area contributed by atoms with Crippen LogP contribution in [-0.2, 0) is 9.59 Å². The highest BCUT2D eigenvalue weighted by atomic mass is 79.9. The number of rotatable bonds is 13. The van der Waals surface area contributed by atoms with Crippen LogP contribution in [0.2, 0.25) is 0 Å². The largest absolute Gasteiger partial charge is 0.480 e. The standard InChI is InChI=1S/C16H29NO3.BrH/c1-3-5-6-7-8-9-10-11-12-13-17(14-16(19)20)15(18)4-2;/h4H,2-3,5-14H2,1H3,(H,19,20);1H. The van der Waals surface area contributed by atoms with E-state index in [2.05, 4.69) is 13.5 Å². The van der Waals surface area contributed by atoms with E-state index in [4.69, 9.17) is 5.11 Å². The minimum atomic E-state index is -0.976. The molecule has 0 aliphatic carbocycles. The molecule has 0 bridgehead atoms. The fraction of sp³-hybridized carbons (Fsp3) is 0.750. The molecule has 1 N–H and O–H groups in total. The fourth-order valence-electron chi connectivity index (χ4n) is 2.17. The first-order chi connectivity index (χ1) is 9.61. The van der Waals surface area contributed by atoms with Gasteiger partial charge in [0.15, 0.2) is 0 Å². The SMILES string of the molecule is Br.C=CC(=O)N(CCCCCCCCCCC)CC(=O)O. The monoisotopic (exact) mass is 363 g/mol. The number of amides is 1. The van der Waals surface area contributed by atoms with Gasteiger partial charge in [0.05, 0.1) is 0 Å². The highest BCUT2D eigenvalue weighted by Gasteiger charge is 2.12. The van der Waals surface area contributed by atoms with Gasteiger partial charge in [0.1, 0.15) is 6.54 Å². The highest BCUT2D eigenvalue weighted by molar-refractivity contribution is 8.93. The smallest absolute Gasteiger partial charge is 0.323 e. The van der Waals surface area contributed by atoms with E-state index >= 15 is 0 Å². The second-order valence-electron chi connectivity index (χ2n) is 5.19. The Morgan fingerprint density at radius 1 is 1.00 bits per heavy atom. The second-order valence-corrected chi connectivity index (χ2v) is 5.19. The summed E-state index contributed by atoms with van der Waals surface area (Å²) in [6.45, 7) is 5.89. The van der Waals surface area contributed by atoms with Gasteiger partial charge >= 0.3 is 5.97 Å². The van der Waals surface area contributed by atoms with Crippen LogP contribution < -0.4 is 0 Å². The summed E-state index contributed by atoms with van der Waals surface area (Å²) in [7, 11) is 0. The molecule has 0 aromatic carbocycles. The summed E-state index contributed by atoms with van der Waals surface area (Å²) in [6, 6.07) is 0. The number of hydrogen-bond donors (Lipinski definition) is 1. The lowest BCUT2D eigenvalue weighted by atomic mass is 10.1. The number of carboxylic acid groups (broad SMARTS) is 1. The van der Waals surface area contributed by atoms with E-state index in [0.29, 0.717) is 6.54 Å². The van der Waals surface area contributed by atoms with Crippen molar-refractivity contribution in [1.29, 1.82) is 0 Å². The van der Waals surface area contributed by atoms with Crippen molar-refractivity contribution in [3.8, 4) is 0 Å². The number of carbonyl (C=O) groups is 2. The number of nitrogens with zero attached hydrogens (tertiary/aromatic N) is 1. The van der Waals surface area contributed by atoms with Crippen molar-refractivity contribution in [3.05, 3.63) is 12.7 Å². The van der Waals surface area contributed by atoms with Crippen LogP contribution in [0.25, 0.3) is 0 Å². The summed E-state index contributed by atoms with van der Waals surface area (Å²) in [4.78, 5) is 23.5. The minimum Gasteiger partial charge on any atom is -0.480 e. The van der Waals surface area contributed by atoms with E-state index in [1.807, 2.05) is 0 Å². The predicted molar refractivity (Wildman–Crippen MR) is 92.0 cm³/mol. The number of halogens is 1. The van der Waals surface area contributed by atoms with Crippen LogP contribution in [0.4, 0.5) is 0 Å². The molecule has 21 heavy (non-hydrogen) atoms. The van der Waals surface area contributed by atoms with Crippen molar-refractivity contribution in [2.75, 3.05) is 13.1 Å². The Hall–Kier alpha value is -0.840. The molecule has 0 heterocycles. The number of carboxylic acids is 1. The summed E-state index contributed by atoms with van der Waals surface area (Å²) >= 11 is 0. The van der Waals surface area contributed by atoms with Gasteiger partial charge in [0.2, 0.25) is 5.91 Å². The zero-order valence-electron chi connectivity index (χ0n) is 13.2. The van der Waals surface area contributed by atoms with Gasteiger partial charge in [-0.2, -0.15) is 0 Å². The van der Waals surface area contributed by atoms with Crippen LogP contribution in [0.15, 0.2) is 12.7 Å². The molecule has 5 heteroatoms. The molecule has 0 spiro atoms. The third-order valence-electron chi connectivity index (χ3n) is 3.34. The van der Waals surface area contributed by atoms with Crippen molar-refractivity contribution in [3.63, 3.8) is 0 Å². The van der Waals surface area contributed by atoms with E-state index in [0.717, 1.165) is 19.3 Å². The fourth-order valence-corrected chi connectivity index (χ4v) is 2.17. The lowest BCUT2D eigenvalue weighted by molar-refractivity contribution is -0.142. The molecule has 0 rings (SSSR count). The van der Waals surface area contributed by atoms with Crippen molar-refractivity contribution in [2.24, 2.45) is 0 Å². The van der Waals surface area contributed by atoms with E-state index in [9.17, 15) is 9.59 Å². The Labute approximate surface area is 139 Å². The normalized spacial score (nSPS) is 9.76. The molecule has 0 saturated carbocycles. The molecule has 0 aromatic rings. The zero-order valence-corrected chi connectivity index (χ0v) is 14.9. The molecule has 0 aliphatic heterocycles. The van der Waals surface area contributed by atoms with Crippen molar-refractivity contribution < 1.29 is 14.7 Å². The molecule has 0 atom stereocenters. The Morgan fingerprint density at radius 3 is 1.90 bits per heavy atom. The third-order valence-corrected chi connectivity index (χ3v) is 3.34. The molecule has 0 aliphatic rings. The van der Waals surface area contributed by atoms with E-state index in [-0.39, 0.29) is 29.4 Å². The molecule has 1 amide bonds. The first-order valence-electron chi connectivity index (χ1n) is 7.75. The van der Waals surface area contributed by atoms with Crippen LogP contribution in [0.1, 0.15) is 64.7 Å². The van der Waals surface area contributed by atoms with Gasteiger partial charge in [0.25, 0.3) is 0 Å². The van der Waals surface area contributed by atoms with Crippen molar-refractivity contribution in [2.45, 2.75) is 64.7 Å². The Kier molecular flexibility index (Phi) is 16.6. The van der Waals surface area contributed by atoms with E-state index in [1.165, 1.54) is 49.5 Å². The molecule has 124 valence electrons. The molecular weight excluding hydrogens is 334 g/mol. The summed E-state index contributed by atoms with van der Waals surface area (Å²) in [6.07, 6.45) is 12.0. The van der Waals surface area contributed by atoms with Gasteiger partial charge in [-0.05, 0) is 12.5 Å². The molecule has 0 unspecified atom stereocenters. The maximum absolute atomic E-state index is 11.5. The average molecular weight is 364 g/mol. The lowest BCUT2D eigenvalue weighted by Gasteiger charge is -2.18. The van der Waals surface area contributed by atoms with Crippen LogP contribution in [-0.4, -0.2) is 35.0 Å². The molecular formula is C16H30BrNO3. The topological polar surface area (TPSA) is 57.6 Å². The molecule has 0 aromatic heterocycles. The molecule has 0 fully saturated rings. The van der Waals surface area contributed by atoms with Gasteiger partial charge in [-0.15, -0.1) is 17.0 Å². The lowest BCUT2D eigenvalue weighted by Crippen LogP contribution is -2.35. The zero-order chi connectivity index (χ0) is 15.2. The summed E-state index contributed by atoms with van der Waals surface area (Å²) < 4.78 is 0. The number of carbonyl (C=O) groups excluding carboxylic acids is 1. The van der Waals surface area contributed by atoms with Gasteiger partial charge < -0.3 is 10.0 Å². The third kappa shape index (κ3) is 13.9. The number of hydrogen-bond acceptors (Lipinski definition) is 2. The molecule has 4 nitrogen and oxygen atoms in total. The summed E-state index contributed by atoms with van der Waals surface area (Å²) in [5, 5.41) is 8.74. The summed E-state index contributed by atoms with van der Waals surface area (Å²) in [5.41, 5.74) is 0. The van der Waals surface area contributed by atoms with Gasteiger partial charge in [-0.1, -0.05) is 64.9 Å². The first-order valence-corrected chi connectivity index (χ1v) is 7.75. The van der Waals surface area contributed by atoms with Gasteiger partial charge in [0, 0.05) is 6.54 Å².